The Morgan fingerprint density at radius 1 is 1.00 bits per heavy atom. The van der Waals surface area contributed by atoms with Gasteiger partial charge in [-0.25, -0.2) is 4.39 Å². The second-order valence-electron chi connectivity index (χ2n) is 5.83. The van der Waals surface area contributed by atoms with Gasteiger partial charge < -0.3 is 10.6 Å². The average Bonchev–Trinajstić information content (AvgIpc) is 2.57. The Kier molecular flexibility index (Phi) is 6.97. The molecule has 0 aliphatic rings. The number of nitrogens with one attached hydrogen (secondary N) is 2. The van der Waals surface area contributed by atoms with Gasteiger partial charge in [0, 0.05) is 5.69 Å². The number of hydrogen-bond donors (Lipinski definition) is 2. The molecular weight excluding hydrogens is 380 g/mol. The lowest BCUT2D eigenvalue weighted by Crippen LogP contribution is -2.36. The van der Waals surface area contributed by atoms with E-state index in [2.05, 4.69) is 10.6 Å². The number of halogens is 3. The predicted molar refractivity (Wildman–Crippen MR) is 102 cm³/mol. The summed E-state index contributed by atoms with van der Waals surface area (Å²) < 4.78 is 12.9. The van der Waals surface area contributed by atoms with Gasteiger partial charge in [-0.05, 0) is 49.9 Å². The van der Waals surface area contributed by atoms with E-state index < -0.39 is 0 Å². The summed E-state index contributed by atoms with van der Waals surface area (Å²) in [6, 6.07) is 8.83. The molecule has 0 fully saturated rings. The molecule has 0 saturated heterocycles. The predicted octanol–water partition coefficient (Wildman–Crippen LogP) is 3.95. The first kappa shape index (κ1) is 20.2. The smallest absolute Gasteiger partial charge is 0.238 e. The molecule has 5 nitrogen and oxygen atoms in total. The minimum atomic E-state index is -0.384. The van der Waals surface area contributed by atoms with Crippen LogP contribution in [-0.2, 0) is 9.59 Å². The van der Waals surface area contributed by atoms with E-state index in [0.717, 1.165) is 5.56 Å². The zero-order valence-electron chi connectivity index (χ0n) is 14.3. The highest BCUT2D eigenvalue weighted by Gasteiger charge is 2.15. The molecule has 0 radical (unpaired) electrons. The van der Waals surface area contributed by atoms with Crippen LogP contribution in [0.1, 0.15) is 5.56 Å². The second-order valence-corrected chi connectivity index (χ2v) is 6.61. The molecule has 0 bridgehead atoms. The number of anilines is 2. The maximum Gasteiger partial charge on any atom is 0.238 e. The van der Waals surface area contributed by atoms with Crippen molar-refractivity contribution in [3.8, 4) is 0 Å². The molecule has 2 rings (SSSR count). The largest absolute Gasteiger partial charge is 0.325 e. The van der Waals surface area contributed by atoms with E-state index in [1.54, 1.807) is 26.1 Å². The Hall–Kier alpha value is -2.15. The molecule has 26 heavy (non-hydrogen) atoms. The highest BCUT2D eigenvalue weighted by molar-refractivity contribution is 6.40. The van der Waals surface area contributed by atoms with E-state index in [1.165, 1.54) is 29.2 Å². The van der Waals surface area contributed by atoms with Crippen molar-refractivity contribution in [1.82, 2.24) is 4.90 Å². The third kappa shape index (κ3) is 5.69. The summed E-state index contributed by atoms with van der Waals surface area (Å²) in [5, 5.41) is 6.00. The molecule has 0 saturated carbocycles. The maximum atomic E-state index is 12.9. The third-order valence-electron chi connectivity index (χ3n) is 3.50. The van der Waals surface area contributed by atoms with Crippen molar-refractivity contribution in [3.05, 3.63) is 57.8 Å². The normalized spacial score (nSPS) is 10.7. The van der Waals surface area contributed by atoms with Crippen LogP contribution in [-0.4, -0.2) is 36.9 Å². The molecule has 0 heterocycles. The van der Waals surface area contributed by atoms with Crippen LogP contribution in [0.25, 0.3) is 0 Å². The zero-order chi connectivity index (χ0) is 19.3. The van der Waals surface area contributed by atoms with Crippen LogP contribution in [0, 0.1) is 12.7 Å². The van der Waals surface area contributed by atoms with Crippen LogP contribution in [0.4, 0.5) is 15.8 Å². The monoisotopic (exact) mass is 397 g/mol. The standard InChI is InChI=1S/C18H18Cl2FN3O2/c1-11-3-8-14(19)18(17(11)20)23-16(26)10-24(2)9-15(25)22-13-6-4-12(21)5-7-13/h3-8H,9-10H2,1-2H3,(H,22,25)(H,23,26). The van der Waals surface area contributed by atoms with Crippen LogP contribution < -0.4 is 10.6 Å². The van der Waals surface area contributed by atoms with Crippen molar-refractivity contribution in [2.45, 2.75) is 6.92 Å². The molecule has 2 aromatic carbocycles. The summed E-state index contributed by atoms with van der Waals surface area (Å²) in [5.74, 6) is -1.06. The van der Waals surface area contributed by atoms with E-state index >= 15 is 0 Å². The molecule has 2 N–H and O–H groups in total. The number of likely N-dealkylation sites (N-methyl/N-ethyl adjacent to an activating group) is 1. The molecule has 8 heteroatoms. The number of amides is 2. The van der Waals surface area contributed by atoms with Crippen LogP contribution in [0.3, 0.4) is 0 Å². The minimum absolute atomic E-state index is 0.0138. The van der Waals surface area contributed by atoms with Crippen molar-refractivity contribution >= 4 is 46.4 Å². The lowest BCUT2D eigenvalue weighted by atomic mass is 10.2. The quantitative estimate of drug-likeness (QED) is 0.775. The minimum Gasteiger partial charge on any atom is -0.325 e. The van der Waals surface area contributed by atoms with E-state index in [-0.39, 0.29) is 30.7 Å². The SMILES string of the molecule is Cc1ccc(Cl)c(NC(=O)CN(C)CC(=O)Nc2ccc(F)cc2)c1Cl. The highest BCUT2D eigenvalue weighted by atomic mass is 35.5. The summed E-state index contributed by atoms with van der Waals surface area (Å²) >= 11 is 12.2. The summed E-state index contributed by atoms with van der Waals surface area (Å²) in [5.41, 5.74) is 1.62. The topological polar surface area (TPSA) is 61.4 Å². The van der Waals surface area contributed by atoms with Gasteiger partial charge >= 0.3 is 0 Å². The van der Waals surface area contributed by atoms with Crippen molar-refractivity contribution in [2.75, 3.05) is 30.8 Å². The molecule has 0 aliphatic heterocycles. The lowest BCUT2D eigenvalue weighted by molar-refractivity contribution is -0.119. The van der Waals surface area contributed by atoms with Gasteiger partial charge in [0.15, 0.2) is 0 Å². The van der Waals surface area contributed by atoms with Gasteiger partial charge in [-0.3, -0.25) is 14.5 Å². The maximum absolute atomic E-state index is 12.9. The second kappa shape index (κ2) is 8.98. The summed E-state index contributed by atoms with van der Waals surface area (Å²) in [7, 11) is 1.63. The molecular formula is C18H18Cl2FN3O2. The first-order valence-electron chi connectivity index (χ1n) is 7.74. The Labute approximate surface area is 161 Å². The Morgan fingerprint density at radius 3 is 2.19 bits per heavy atom. The Morgan fingerprint density at radius 2 is 1.58 bits per heavy atom. The molecule has 0 spiro atoms. The fourth-order valence-electron chi connectivity index (χ4n) is 2.23. The summed E-state index contributed by atoms with van der Waals surface area (Å²) in [6.07, 6.45) is 0. The third-order valence-corrected chi connectivity index (χ3v) is 4.31. The number of hydrogen-bond acceptors (Lipinski definition) is 3. The van der Waals surface area contributed by atoms with Crippen LogP contribution in [0.5, 0.6) is 0 Å². The number of benzene rings is 2. The molecule has 0 atom stereocenters. The highest BCUT2D eigenvalue weighted by Crippen LogP contribution is 2.32. The van der Waals surface area contributed by atoms with Gasteiger partial charge in [-0.1, -0.05) is 29.3 Å². The molecule has 0 unspecified atom stereocenters. The first-order valence-corrected chi connectivity index (χ1v) is 8.50. The molecule has 2 amide bonds. The Balaban J connectivity index is 1.88. The van der Waals surface area contributed by atoms with Gasteiger partial charge in [-0.15, -0.1) is 0 Å². The fourth-order valence-corrected chi connectivity index (χ4v) is 2.70. The van der Waals surface area contributed by atoms with Crippen LogP contribution >= 0.6 is 23.2 Å². The molecule has 2 aromatic rings. The fraction of sp³-hybridized carbons (Fsp3) is 0.222. The van der Waals surface area contributed by atoms with Crippen molar-refractivity contribution in [2.24, 2.45) is 0 Å². The number of nitrogens with zero attached hydrogens (tertiary/aromatic N) is 1. The molecule has 0 aromatic heterocycles. The van der Waals surface area contributed by atoms with E-state index in [9.17, 15) is 14.0 Å². The summed E-state index contributed by atoms with van der Waals surface area (Å²) in [6.45, 7) is 1.76. The van der Waals surface area contributed by atoms with Gasteiger partial charge in [0.1, 0.15) is 5.82 Å². The number of aryl methyl sites for hydroxylation is 1. The van der Waals surface area contributed by atoms with Crippen molar-refractivity contribution in [1.29, 1.82) is 0 Å². The lowest BCUT2D eigenvalue weighted by Gasteiger charge is -2.17. The number of carbonyl (C=O) groups is 2. The molecule has 138 valence electrons. The van der Waals surface area contributed by atoms with E-state index in [1.807, 2.05) is 0 Å². The number of rotatable bonds is 6. The average molecular weight is 398 g/mol. The Bertz CT molecular complexity index is 813. The summed E-state index contributed by atoms with van der Waals surface area (Å²) in [4.78, 5) is 25.7. The van der Waals surface area contributed by atoms with Gasteiger partial charge in [-0.2, -0.15) is 0 Å². The molecule has 0 aliphatic carbocycles. The van der Waals surface area contributed by atoms with Crippen LogP contribution in [0.15, 0.2) is 36.4 Å². The van der Waals surface area contributed by atoms with Crippen LogP contribution in [0.2, 0.25) is 10.0 Å². The first-order chi connectivity index (χ1) is 12.3. The van der Waals surface area contributed by atoms with E-state index in [4.69, 9.17) is 23.2 Å². The van der Waals surface area contributed by atoms with Gasteiger partial charge in [0.25, 0.3) is 0 Å². The number of carbonyl (C=O) groups excluding carboxylic acids is 2. The van der Waals surface area contributed by atoms with E-state index in [0.29, 0.717) is 21.4 Å². The van der Waals surface area contributed by atoms with Gasteiger partial charge in [0.05, 0.1) is 28.8 Å². The van der Waals surface area contributed by atoms with Gasteiger partial charge in [0.2, 0.25) is 11.8 Å². The van der Waals surface area contributed by atoms with Crippen molar-refractivity contribution < 1.29 is 14.0 Å². The zero-order valence-corrected chi connectivity index (χ0v) is 15.8. The van der Waals surface area contributed by atoms with Crippen molar-refractivity contribution in [3.63, 3.8) is 0 Å².